The number of aliphatic carboxylic acids is 1. The van der Waals surface area contributed by atoms with Gasteiger partial charge in [-0.3, -0.25) is 14.5 Å². The summed E-state index contributed by atoms with van der Waals surface area (Å²) in [4.78, 5) is 36.3. The third-order valence-electron chi connectivity index (χ3n) is 3.53. The lowest BCUT2D eigenvalue weighted by atomic mass is 9.90. The fourth-order valence-corrected chi connectivity index (χ4v) is 2.36. The number of carboxylic acid groups (broad SMARTS) is 1. The number of imide groups is 1. The highest BCUT2D eigenvalue weighted by atomic mass is 16.4. The molecular weight excluding hydrogens is 222 g/mol. The molecule has 0 radical (unpaired) electrons. The zero-order chi connectivity index (χ0) is 13.1. The first-order valence-electron chi connectivity index (χ1n) is 6.09. The molecule has 0 atom stereocenters. The molecule has 96 valence electrons. The maximum Gasteiger partial charge on any atom is 0.330 e. The van der Waals surface area contributed by atoms with Crippen LogP contribution in [0.2, 0.25) is 0 Å². The van der Waals surface area contributed by atoms with E-state index in [1.807, 2.05) is 0 Å². The van der Waals surface area contributed by atoms with Crippen LogP contribution in [-0.2, 0) is 14.4 Å². The van der Waals surface area contributed by atoms with Crippen molar-refractivity contribution < 1.29 is 19.5 Å². The molecule has 1 heterocycles. The third-order valence-corrected chi connectivity index (χ3v) is 3.53. The molecule has 0 unspecified atom stereocenters. The van der Waals surface area contributed by atoms with Crippen molar-refractivity contribution in [2.45, 2.75) is 57.9 Å². The van der Waals surface area contributed by atoms with Gasteiger partial charge in [-0.25, -0.2) is 4.79 Å². The van der Waals surface area contributed by atoms with Crippen molar-refractivity contribution in [3.8, 4) is 0 Å². The number of hydrogen-bond donors (Lipinski definition) is 1. The van der Waals surface area contributed by atoms with Crippen LogP contribution in [0.25, 0.3) is 0 Å². The van der Waals surface area contributed by atoms with Crippen LogP contribution in [0.15, 0.2) is 0 Å². The highest BCUT2D eigenvalue weighted by Crippen LogP contribution is 2.29. The number of hydrogen-bond acceptors (Lipinski definition) is 3. The molecule has 0 aromatic heterocycles. The first-order chi connectivity index (χ1) is 7.99. The van der Waals surface area contributed by atoms with E-state index < -0.39 is 11.5 Å². The van der Waals surface area contributed by atoms with Crippen LogP contribution in [0.3, 0.4) is 0 Å². The number of carbonyl (C=O) groups is 3. The summed E-state index contributed by atoms with van der Waals surface area (Å²) in [5.41, 5.74) is -1.36. The Morgan fingerprint density at radius 2 is 1.59 bits per heavy atom. The van der Waals surface area contributed by atoms with E-state index in [4.69, 9.17) is 0 Å². The van der Waals surface area contributed by atoms with Gasteiger partial charge in [0.05, 0.1) is 0 Å². The van der Waals surface area contributed by atoms with Crippen molar-refractivity contribution in [3.63, 3.8) is 0 Å². The van der Waals surface area contributed by atoms with Gasteiger partial charge in [0, 0.05) is 12.8 Å². The average molecular weight is 241 g/mol. The summed E-state index contributed by atoms with van der Waals surface area (Å²) in [6.45, 7) is 3.39. The highest BCUT2D eigenvalue weighted by Gasteiger charge is 2.47. The van der Waals surface area contributed by atoms with Crippen LogP contribution in [0.5, 0.6) is 0 Å². The molecule has 1 saturated heterocycles. The van der Waals surface area contributed by atoms with E-state index in [0.717, 1.165) is 4.90 Å². The lowest BCUT2D eigenvalue weighted by molar-refractivity contribution is -0.166. The van der Waals surface area contributed by atoms with Crippen molar-refractivity contribution in [1.82, 2.24) is 4.90 Å². The molecule has 0 spiro atoms. The summed E-state index contributed by atoms with van der Waals surface area (Å²) in [5, 5.41) is 9.36. The van der Waals surface area contributed by atoms with Gasteiger partial charge in [-0.15, -0.1) is 0 Å². The molecule has 2 amide bonds. The third kappa shape index (κ3) is 2.33. The minimum atomic E-state index is -1.36. The summed E-state index contributed by atoms with van der Waals surface area (Å²) in [6.07, 6.45) is 2.34. The molecule has 5 heteroatoms. The Kier molecular flexibility index (Phi) is 4.26. The first-order valence-corrected chi connectivity index (χ1v) is 6.09. The Morgan fingerprint density at radius 3 is 1.88 bits per heavy atom. The summed E-state index contributed by atoms with van der Waals surface area (Å²) in [7, 11) is 0. The molecular formula is C12H19NO4. The summed E-state index contributed by atoms with van der Waals surface area (Å²) in [6, 6.07) is 0. The zero-order valence-corrected chi connectivity index (χ0v) is 10.4. The molecule has 5 nitrogen and oxygen atoms in total. The Hall–Kier alpha value is -1.39. The van der Waals surface area contributed by atoms with Gasteiger partial charge < -0.3 is 5.11 Å². The van der Waals surface area contributed by atoms with Crippen molar-refractivity contribution in [2.75, 3.05) is 0 Å². The van der Waals surface area contributed by atoms with Crippen molar-refractivity contribution in [1.29, 1.82) is 0 Å². The first kappa shape index (κ1) is 13.7. The summed E-state index contributed by atoms with van der Waals surface area (Å²) < 4.78 is 0. The second kappa shape index (κ2) is 5.29. The van der Waals surface area contributed by atoms with E-state index in [-0.39, 0.29) is 37.5 Å². The smallest absolute Gasteiger partial charge is 0.330 e. The largest absolute Gasteiger partial charge is 0.479 e. The van der Waals surface area contributed by atoms with Gasteiger partial charge in [-0.1, -0.05) is 13.8 Å². The molecule has 1 N–H and O–H groups in total. The van der Waals surface area contributed by atoms with E-state index in [1.165, 1.54) is 0 Å². The Balaban J connectivity index is 3.18. The summed E-state index contributed by atoms with van der Waals surface area (Å²) >= 11 is 0. The van der Waals surface area contributed by atoms with E-state index >= 15 is 0 Å². The van der Waals surface area contributed by atoms with Crippen LogP contribution in [-0.4, -0.2) is 33.3 Å². The number of amides is 2. The van der Waals surface area contributed by atoms with Gasteiger partial charge in [0.25, 0.3) is 0 Å². The van der Waals surface area contributed by atoms with Crippen LogP contribution in [0, 0.1) is 0 Å². The van der Waals surface area contributed by atoms with Gasteiger partial charge in [-0.05, 0) is 25.7 Å². The molecule has 0 saturated carbocycles. The minimum Gasteiger partial charge on any atom is -0.479 e. The van der Waals surface area contributed by atoms with E-state index in [0.29, 0.717) is 12.8 Å². The normalized spacial score (nSPS) is 18.1. The lowest BCUT2D eigenvalue weighted by Gasteiger charge is -2.37. The minimum absolute atomic E-state index is 0.246. The Labute approximate surface area is 101 Å². The number of carboxylic acids is 1. The summed E-state index contributed by atoms with van der Waals surface area (Å²) in [5.74, 6) is -1.79. The fraction of sp³-hybridized carbons (Fsp3) is 0.750. The van der Waals surface area contributed by atoms with Crippen molar-refractivity contribution >= 4 is 17.8 Å². The Bertz CT molecular complexity index is 315. The second-order valence-corrected chi connectivity index (χ2v) is 4.37. The molecule has 1 aliphatic rings. The lowest BCUT2D eigenvalue weighted by Crippen LogP contribution is -2.58. The predicted octanol–water partition coefficient (Wildman–Crippen LogP) is 1.56. The zero-order valence-electron chi connectivity index (χ0n) is 10.4. The number of rotatable bonds is 4. The second-order valence-electron chi connectivity index (χ2n) is 4.37. The molecule has 0 aromatic carbocycles. The molecule has 1 fully saturated rings. The molecule has 1 aliphatic heterocycles. The topological polar surface area (TPSA) is 74.7 Å². The number of nitrogens with zero attached hydrogens (tertiary/aromatic N) is 1. The molecule has 0 aromatic rings. The van der Waals surface area contributed by atoms with E-state index in [1.54, 1.807) is 13.8 Å². The maximum atomic E-state index is 11.9. The van der Waals surface area contributed by atoms with Crippen LogP contribution >= 0.6 is 0 Å². The molecule has 0 bridgehead atoms. The van der Waals surface area contributed by atoms with E-state index in [2.05, 4.69) is 0 Å². The fourth-order valence-electron chi connectivity index (χ4n) is 2.36. The van der Waals surface area contributed by atoms with Crippen molar-refractivity contribution in [3.05, 3.63) is 0 Å². The van der Waals surface area contributed by atoms with Gasteiger partial charge in [-0.2, -0.15) is 0 Å². The molecule has 1 rings (SSSR count). The van der Waals surface area contributed by atoms with Gasteiger partial charge >= 0.3 is 5.97 Å². The monoisotopic (exact) mass is 241 g/mol. The molecule has 17 heavy (non-hydrogen) atoms. The van der Waals surface area contributed by atoms with Crippen molar-refractivity contribution in [2.24, 2.45) is 0 Å². The van der Waals surface area contributed by atoms with Crippen LogP contribution in [0.4, 0.5) is 0 Å². The van der Waals surface area contributed by atoms with Crippen LogP contribution in [0.1, 0.15) is 52.4 Å². The van der Waals surface area contributed by atoms with E-state index in [9.17, 15) is 19.5 Å². The highest BCUT2D eigenvalue weighted by molar-refractivity contribution is 6.01. The molecule has 0 aliphatic carbocycles. The SMILES string of the molecule is CCC(CC)(C(=O)O)N1C(=O)CCCCC1=O. The standard InChI is InChI=1S/C12H19NO4/c1-3-12(4-2,11(16)17)13-9(14)7-5-6-8-10(13)15/h3-8H2,1-2H3,(H,16,17). The van der Waals surface area contributed by atoms with Gasteiger partial charge in [0.15, 0.2) is 0 Å². The quantitative estimate of drug-likeness (QED) is 0.758. The van der Waals surface area contributed by atoms with Gasteiger partial charge in [0.1, 0.15) is 5.54 Å². The Morgan fingerprint density at radius 1 is 1.18 bits per heavy atom. The maximum absolute atomic E-state index is 11.9. The van der Waals surface area contributed by atoms with Crippen LogP contribution < -0.4 is 0 Å². The average Bonchev–Trinajstić information content (AvgIpc) is 2.45. The number of likely N-dealkylation sites (tertiary alicyclic amines) is 1. The number of carbonyl (C=O) groups excluding carboxylic acids is 2. The van der Waals surface area contributed by atoms with Gasteiger partial charge in [0.2, 0.25) is 11.8 Å². The predicted molar refractivity (Wildman–Crippen MR) is 61.3 cm³/mol.